The number of halogens is 1. The van der Waals surface area contributed by atoms with Crippen molar-refractivity contribution in [2.45, 2.75) is 32.2 Å². The van der Waals surface area contributed by atoms with E-state index in [0.717, 1.165) is 32.9 Å². The van der Waals surface area contributed by atoms with E-state index in [-0.39, 0.29) is 0 Å². The second-order valence-corrected chi connectivity index (χ2v) is 6.47. The van der Waals surface area contributed by atoms with Crippen molar-refractivity contribution in [3.05, 3.63) is 57.9 Å². The number of nitrogens with zero attached hydrogens (tertiary/aromatic N) is 3. The number of rotatable bonds is 3. The van der Waals surface area contributed by atoms with Crippen LogP contribution in [0.15, 0.2) is 30.5 Å². The van der Waals surface area contributed by atoms with Gasteiger partial charge in [0.25, 0.3) is 0 Å². The fourth-order valence-electron chi connectivity index (χ4n) is 3.08. The molecule has 2 heterocycles. The number of hydrogen-bond donors (Lipinski definition) is 0. The lowest BCUT2D eigenvalue weighted by Gasteiger charge is -2.12. The Bertz CT molecular complexity index is 945. The first kappa shape index (κ1) is 14.3. The van der Waals surface area contributed by atoms with Gasteiger partial charge in [0, 0.05) is 16.8 Å². The zero-order chi connectivity index (χ0) is 16.0. The van der Waals surface area contributed by atoms with Gasteiger partial charge in [0.2, 0.25) is 0 Å². The maximum absolute atomic E-state index is 6.48. The number of pyridine rings is 1. The van der Waals surface area contributed by atoms with Crippen LogP contribution in [0.4, 0.5) is 0 Å². The van der Waals surface area contributed by atoms with Crippen LogP contribution in [0.1, 0.15) is 41.1 Å². The molecule has 1 fully saturated rings. The minimum Gasteiger partial charge on any atom is -0.258 e. The van der Waals surface area contributed by atoms with Crippen LogP contribution in [-0.2, 0) is 6.54 Å². The number of hydrogen-bond acceptors (Lipinski definition) is 2. The van der Waals surface area contributed by atoms with E-state index in [1.165, 1.54) is 18.4 Å². The van der Waals surface area contributed by atoms with E-state index in [0.29, 0.717) is 12.5 Å². The highest BCUT2D eigenvalue weighted by Gasteiger charge is 2.27. The van der Waals surface area contributed by atoms with Crippen LogP contribution < -0.4 is 0 Å². The van der Waals surface area contributed by atoms with Crippen molar-refractivity contribution in [1.29, 1.82) is 0 Å². The normalized spacial score (nSPS) is 14.1. The molecule has 0 bridgehead atoms. The van der Waals surface area contributed by atoms with Crippen LogP contribution in [-0.4, -0.2) is 14.8 Å². The molecule has 3 aromatic rings. The third kappa shape index (κ3) is 2.50. The fraction of sp³-hybridized carbons (Fsp3) is 0.263. The van der Waals surface area contributed by atoms with Gasteiger partial charge in [-0.05, 0) is 48.9 Å². The van der Waals surface area contributed by atoms with Crippen LogP contribution in [0.5, 0.6) is 0 Å². The van der Waals surface area contributed by atoms with Gasteiger partial charge in [-0.2, -0.15) is 5.10 Å². The van der Waals surface area contributed by atoms with E-state index >= 15 is 0 Å². The molecule has 3 nitrogen and oxygen atoms in total. The number of terminal acetylenes is 1. The summed E-state index contributed by atoms with van der Waals surface area (Å²) < 4.78 is 1.96. The van der Waals surface area contributed by atoms with Gasteiger partial charge in [0.1, 0.15) is 5.52 Å². The lowest BCUT2D eigenvalue weighted by Crippen LogP contribution is -2.05. The summed E-state index contributed by atoms with van der Waals surface area (Å²) in [6.45, 7) is 2.61. The molecule has 0 spiro atoms. The van der Waals surface area contributed by atoms with Crippen molar-refractivity contribution < 1.29 is 0 Å². The molecule has 2 aromatic heterocycles. The SMILES string of the molecule is C#Cc1cnc2c(C)nn(Cc3c(Cl)cccc3C3CC3)c2c1. The summed E-state index contributed by atoms with van der Waals surface area (Å²) in [5, 5.41) is 5.45. The minimum absolute atomic E-state index is 0.644. The fourth-order valence-corrected chi connectivity index (χ4v) is 3.32. The molecule has 1 aliphatic rings. The summed E-state index contributed by atoms with van der Waals surface area (Å²) in [6.07, 6.45) is 9.71. The van der Waals surface area contributed by atoms with E-state index in [9.17, 15) is 0 Å². The van der Waals surface area contributed by atoms with Gasteiger partial charge in [-0.15, -0.1) is 6.42 Å². The largest absolute Gasteiger partial charge is 0.258 e. The Balaban J connectivity index is 1.84. The van der Waals surface area contributed by atoms with Crippen molar-refractivity contribution in [1.82, 2.24) is 14.8 Å². The van der Waals surface area contributed by atoms with Crippen LogP contribution in [0, 0.1) is 19.3 Å². The summed E-state index contributed by atoms with van der Waals surface area (Å²) in [5.41, 5.74) is 6.03. The first-order chi connectivity index (χ1) is 11.2. The molecule has 0 radical (unpaired) electrons. The molecule has 4 heteroatoms. The molecule has 4 rings (SSSR count). The predicted molar refractivity (Wildman–Crippen MR) is 92.7 cm³/mol. The quantitative estimate of drug-likeness (QED) is 0.673. The lowest BCUT2D eigenvalue weighted by molar-refractivity contribution is 0.697. The highest BCUT2D eigenvalue weighted by molar-refractivity contribution is 6.31. The topological polar surface area (TPSA) is 30.7 Å². The minimum atomic E-state index is 0.644. The molecule has 0 atom stereocenters. The molecule has 0 amide bonds. The summed E-state index contributed by atoms with van der Waals surface area (Å²) in [5.74, 6) is 3.29. The summed E-state index contributed by atoms with van der Waals surface area (Å²) >= 11 is 6.48. The Morgan fingerprint density at radius 1 is 1.39 bits per heavy atom. The van der Waals surface area contributed by atoms with Crippen LogP contribution in [0.25, 0.3) is 11.0 Å². The van der Waals surface area contributed by atoms with Crippen LogP contribution >= 0.6 is 11.6 Å². The molecule has 0 saturated heterocycles. The van der Waals surface area contributed by atoms with Crippen LogP contribution in [0.3, 0.4) is 0 Å². The van der Waals surface area contributed by atoms with Gasteiger partial charge in [-0.1, -0.05) is 29.7 Å². The number of fused-ring (bicyclic) bond motifs is 1. The molecule has 1 aromatic carbocycles. The predicted octanol–water partition coefficient (Wildman–Crippen LogP) is 4.30. The zero-order valence-corrected chi connectivity index (χ0v) is 13.6. The standard InChI is InChI=1S/C19H16ClN3/c1-3-13-9-18-19(21-10-13)12(2)22-23(18)11-16-15(14-7-8-14)5-4-6-17(16)20/h1,4-6,9-10,14H,7-8,11H2,2H3. The van der Waals surface area contributed by atoms with Gasteiger partial charge in [0.05, 0.1) is 17.8 Å². The monoisotopic (exact) mass is 321 g/mol. The molecule has 1 aliphatic carbocycles. The van der Waals surface area contributed by atoms with Gasteiger partial charge in [-0.3, -0.25) is 9.67 Å². The average Bonchev–Trinajstić information content (AvgIpc) is 3.35. The Morgan fingerprint density at radius 2 is 2.22 bits per heavy atom. The van der Waals surface area contributed by atoms with E-state index in [1.54, 1.807) is 6.20 Å². The van der Waals surface area contributed by atoms with Crippen molar-refractivity contribution >= 4 is 22.6 Å². The zero-order valence-electron chi connectivity index (χ0n) is 12.9. The Morgan fingerprint density at radius 3 is 2.96 bits per heavy atom. The Kier molecular flexibility index (Phi) is 3.36. The molecule has 114 valence electrons. The molecular weight excluding hydrogens is 306 g/mol. The first-order valence-electron chi connectivity index (χ1n) is 7.74. The Labute approximate surface area is 140 Å². The second-order valence-electron chi connectivity index (χ2n) is 6.06. The third-order valence-corrected chi connectivity index (χ3v) is 4.76. The summed E-state index contributed by atoms with van der Waals surface area (Å²) in [7, 11) is 0. The first-order valence-corrected chi connectivity index (χ1v) is 8.12. The highest BCUT2D eigenvalue weighted by atomic mass is 35.5. The van der Waals surface area contributed by atoms with Gasteiger partial charge in [0.15, 0.2) is 0 Å². The molecule has 0 N–H and O–H groups in total. The van der Waals surface area contributed by atoms with Gasteiger partial charge in [-0.25, -0.2) is 0 Å². The average molecular weight is 322 g/mol. The summed E-state index contributed by atoms with van der Waals surface area (Å²) in [6, 6.07) is 8.13. The van der Waals surface area contributed by atoms with Crippen LogP contribution in [0.2, 0.25) is 5.02 Å². The van der Waals surface area contributed by atoms with Crippen molar-refractivity contribution in [3.63, 3.8) is 0 Å². The number of aromatic nitrogens is 3. The molecular formula is C19H16ClN3. The van der Waals surface area contributed by atoms with Gasteiger partial charge >= 0.3 is 0 Å². The Hall–Kier alpha value is -2.31. The number of benzene rings is 1. The van der Waals surface area contributed by atoms with Gasteiger partial charge < -0.3 is 0 Å². The van der Waals surface area contributed by atoms with Crippen molar-refractivity contribution in [2.24, 2.45) is 0 Å². The van der Waals surface area contributed by atoms with E-state index in [4.69, 9.17) is 18.0 Å². The number of aryl methyl sites for hydroxylation is 1. The third-order valence-electron chi connectivity index (χ3n) is 4.41. The van der Waals surface area contributed by atoms with E-state index in [2.05, 4.69) is 22.1 Å². The highest BCUT2D eigenvalue weighted by Crippen LogP contribution is 2.43. The molecule has 23 heavy (non-hydrogen) atoms. The van der Waals surface area contributed by atoms with Crippen molar-refractivity contribution in [2.75, 3.05) is 0 Å². The summed E-state index contributed by atoms with van der Waals surface area (Å²) in [4.78, 5) is 4.45. The maximum Gasteiger partial charge on any atom is 0.111 e. The van der Waals surface area contributed by atoms with E-state index in [1.807, 2.05) is 29.8 Å². The smallest absolute Gasteiger partial charge is 0.111 e. The molecule has 0 unspecified atom stereocenters. The second kappa shape index (κ2) is 5.40. The van der Waals surface area contributed by atoms with E-state index < -0.39 is 0 Å². The maximum atomic E-state index is 6.48. The molecule has 1 saturated carbocycles. The lowest BCUT2D eigenvalue weighted by atomic mass is 10.0. The van der Waals surface area contributed by atoms with Crippen molar-refractivity contribution in [3.8, 4) is 12.3 Å². The molecule has 0 aliphatic heterocycles.